The number of carboxylic acids is 1. The number of hydrogen-bond acceptors (Lipinski definition) is 3. The van der Waals surface area contributed by atoms with Crippen molar-refractivity contribution in [3.8, 4) is 0 Å². The minimum atomic E-state index is -0.985. The van der Waals surface area contributed by atoms with Gasteiger partial charge in [-0.25, -0.2) is 4.79 Å². The third-order valence-electron chi connectivity index (χ3n) is 5.98. The number of H-pyrrole nitrogens is 1. The van der Waals surface area contributed by atoms with Crippen molar-refractivity contribution in [1.29, 1.82) is 0 Å². The topological polar surface area (TPSA) is 91.4 Å². The van der Waals surface area contributed by atoms with E-state index >= 15 is 0 Å². The number of hydrogen-bond donors (Lipinski definition) is 3. The molecule has 1 unspecified atom stereocenters. The van der Waals surface area contributed by atoms with E-state index in [1.165, 1.54) is 0 Å². The van der Waals surface area contributed by atoms with E-state index < -0.39 is 17.5 Å². The van der Waals surface area contributed by atoms with E-state index in [1.54, 1.807) is 12.1 Å². The van der Waals surface area contributed by atoms with Gasteiger partial charge in [-0.2, -0.15) is 0 Å². The second-order valence-electron chi connectivity index (χ2n) is 9.42. The molecule has 0 saturated carbocycles. The van der Waals surface area contributed by atoms with Crippen LogP contribution in [0.3, 0.4) is 0 Å². The third-order valence-corrected chi connectivity index (χ3v) is 6.21. The average Bonchev–Trinajstić information content (AvgIpc) is 3.28. The fourth-order valence-corrected chi connectivity index (χ4v) is 4.58. The second kappa shape index (κ2) is 8.60. The van der Waals surface area contributed by atoms with E-state index in [0.717, 1.165) is 22.0 Å². The molecule has 6 nitrogen and oxygen atoms in total. The van der Waals surface area contributed by atoms with E-state index in [0.29, 0.717) is 17.1 Å². The molecule has 1 heterocycles. The summed E-state index contributed by atoms with van der Waals surface area (Å²) in [5.41, 5.74) is 2.96. The van der Waals surface area contributed by atoms with E-state index in [-0.39, 0.29) is 24.5 Å². The monoisotopic (exact) mass is 454 g/mol. The van der Waals surface area contributed by atoms with Crippen LogP contribution in [-0.2, 0) is 16.0 Å². The molecule has 168 valence electrons. The first kappa shape index (κ1) is 22.4. The van der Waals surface area contributed by atoms with E-state index in [2.05, 4.69) is 10.3 Å². The summed E-state index contributed by atoms with van der Waals surface area (Å²) < 4.78 is 5.91. The molecule has 7 heteroatoms. The van der Waals surface area contributed by atoms with Gasteiger partial charge < -0.3 is 20.1 Å². The molecule has 1 aliphatic carbocycles. The van der Waals surface area contributed by atoms with Crippen molar-refractivity contribution >= 4 is 34.4 Å². The summed E-state index contributed by atoms with van der Waals surface area (Å²) in [6.45, 7) is 5.74. The molecule has 1 aromatic heterocycles. The van der Waals surface area contributed by atoms with Crippen LogP contribution in [0.1, 0.15) is 48.3 Å². The number of carbonyl (C=O) groups excluding carboxylic acids is 1. The smallest absolute Gasteiger partial charge is 0.333 e. The molecular formula is C25H27ClN2O4. The molecule has 3 atom stereocenters. The Balaban J connectivity index is 1.54. The summed E-state index contributed by atoms with van der Waals surface area (Å²) in [5, 5.41) is 14.2. The Morgan fingerprint density at radius 2 is 1.97 bits per heavy atom. The Labute approximate surface area is 191 Å². The number of carbonyl (C=O) groups is 2. The molecule has 4 rings (SSSR count). The van der Waals surface area contributed by atoms with Crippen LogP contribution >= 0.6 is 11.6 Å². The summed E-state index contributed by atoms with van der Waals surface area (Å²) in [7, 11) is 0. The number of rotatable bonds is 6. The highest BCUT2D eigenvalue weighted by Crippen LogP contribution is 2.35. The van der Waals surface area contributed by atoms with Gasteiger partial charge in [0, 0.05) is 27.9 Å². The molecule has 1 aliphatic rings. The fraction of sp³-hybridized carbons (Fsp3) is 0.360. The van der Waals surface area contributed by atoms with Crippen LogP contribution in [0.2, 0.25) is 5.02 Å². The number of benzene rings is 2. The summed E-state index contributed by atoms with van der Waals surface area (Å²) in [4.78, 5) is 27.9. The number of carboxylic acid groups (broad SMARTS) is 1. The number of amides is 1. The summed E-state index contributed by atoms with van der Waals surface area (Å²) in [5.74, 6) is -1.34. The van der Waals surface area contributed by atoms with Crippen LogP contribution in [0.5, 0.6) is 0 Å². The maximum Gasteiger partial charge on any atom is 0.333 e. The fourth-order valence-electron chi connectivity index (χ4n) is 4.40. The van der Waals surface area contributed by atoms with Crippen LogP contribution in [0.25, 0.3) is 10.9 Å². The van der Waals surface area contributed by atoms with Gasteiger partial charge in [0.1, 0.15) is 5.69 Å². The lowest BCUT2D eigenvalue weighted by atomic mass is 9.89. The van der Waals surface area contributed by atoms with Gasteiger partial charge in [-0.3, -0.25) is 4.79 Å². The SMILES string of the molecule is CC(C)(C)C(OC[C@@H]1c2ccccc2C[C@H]1NC(=O)c1cc2cc(Cl)ccc2[nH]1)C(=O)O. The highest BCUT2D eigenvalue weighted by atomic mass is 35.5. The van der Waals surface area contributed by atoms with Gasteiger partial charge in [0.25, 0.3) is 5.91 Å². The highest BCUT2D eigenvalue weighted by molar-refractivity contribution is 6.31. The lowest BCUT2D eigenvalue weighted by Crippen LogP contribution is -2.42. The van der Waals surface area contributed by atoms with Crippen LogP contribution in [0.15, 0.2) is 48.5 Å². The molecule has 0 radical (unpaired) electrons. The Hall–Kier alpha value is -2.83. The third kappa shape index (κ3) is 4.52. The predicted molar refractivity (Wildman–Crippen MR) is 124 cm³/mol. The zero-order chi connectivity index (χ0) is 23.0. The number of nitrogens with one attached hydrogen (secondary N) is 2. The number of aliphatic carboxylic acids is 1. The number of ether oxygens (including phenoxy) is 1. The Kier molecular flexibility index (Phi) is 6.01. The average molecular weight is 455 g/mol. The summed E-state index contributed by atoms with van der Waals surface area (Å²) in [6, 6.07) is 15.0. The normalized spacial score (nSPS) is 19.0. The van der Waals surface area contributed by atoms with Gasteiger partial charge >= 0.3 is 5.97 Å². The van der Waals surface area contributed by atoms with Crippen molar-refractivity contribution in [3.05, 3.63) is 70.4 Å². The molecule has 3 aromatic rings. The Bertz CT molecular complexity index is 1160. The zero-order valence-electron chi connectivity index (χ0n) is 18.3. The number of fused-ring (bicyclic) bond motifs is 2. The molecule has 0 saturated heterocycles. The maximum absolute atomic E-state index is 13.0. The Morgan fingerprint density at radius 1 is 1.22 bits per heavy atom. The lowest BCUT2D eigenvalue weighted by molar-refractivity contribution is -0.158. The largest absolute Gasteiger partial charge is 0.479 e. The van der Waals surface area contributed by atoms with Crippen LogP contribution < -0.4 is 5.32 Å². The summed E-state index contributed by atoms with van der Waals surface area (Å²) in [6.07, 6.45) is -0.278. The van der Waals surface area contributed by atoms with Gasteiger partial charge in [-0.15, -0.1) is 0 Å². The van der Waals surface area contributed by atoms with Gasteiger partial charge in [0.2, 0.25) is 0 Å². The van der Waals surface area contributed by atoms with Crippen molar-refractivity contribution in [2.45, 2.75) is 45.3 Å². The minimum absolute atomic E-state index is 0.141. The van der Waals surface area contributed by atoms with Crippen molar-refractivity contribution in [1.82, 2.24) is 10.3 Å². The number of aromatic amines is 1. The number of halogens is 1. The maximum atomic E-state index is 13.0. The summed E-state index contributed by atoms with van der Waals surface area (Å²) >= 11 is 6.06. The van der Waals surface area contributed by atoms with Crippen molar-refractivity contribution in [3.63, 3.8) is 0 Å². The lowest BCUT2D eigenvalue weighted by Gasteiger charge is -2.30. The van der Waals surface area contributed by atoms with Gasteiger partial charge in [-0.05, 0) is 47.2 Å². The standard InChI is InChI=1S/C25H27ClN2O4/c1-25(2,3)22(24(30)31)32-13-18-17-7-5-4-6-14(17)11-20(18)28-23(29)21-12-15-10-16(26)8-9-19(15)27-21/h4-10,12,18,20,22,27H,11,13H2,1-3H3,(H,28,29)(H,30,31)/t18-,20-,22?/m1/s1. The molecule has 3 N–H and O–H groups in total. The molecule has 0 bridgehead atoms. The van der Waals surface area contributed by atoms with Crippen LogP contribution in [0, 0.1) is 5.41 Å². The molecule has 0 spiro atoms. The van der Waals surface area contributed by atoms with Crippen molar-refractivity contribution < 1.29 is 19.4 Å². The van der Waals surface area contributed by atoms with Crippen LogP contribution in [0.4, 0.5) is 0 Å². The van der Waals surface area contributed by atoms with Crippen molar-refractivity contribution in [2.24, 2.45) is 5.41 Å². The van der Waals surface area contributed by atoms with Gasteiger partial charge in [0.15, 0.2) is 6.10 Å². The van der Waals surface area contributed by atoms with E-state index in [4.69, 9.17) is 16.3 Å². The number of aromatic nitrogens is 1. The first-order valence-electron chi connectivity index (χ1n) is 10.6. The molecule has 2 aromatic carbocycles. The molecular weight excluding hydrogens is 428 g/mol. The van der Waals surface area contributed by atoms with Gasteiger partial charge in [0.05, 0.1) is 6.61 Å². The zero-order valence-corrected chi connectivity index (χ0v) is 19.1. The molecule has 32 heavy (non-hydrogen) atoms. The first-order valence-corrected chi connectivity index (χ1v) is 11.0. The molecule has 1 amide bonds. The first-order chi connectivity index (χ1) is 15.1. The molecule has 0 aliphatic heterocycles. The predicted octanol–water partition coefficient (Wildman–Crippen LogP) is 4.78. The van der Waals surface area contributed by atoms with E-state index in [1.807, 2.05) is 57.2 Å². The van der Waals surface area contributed by atoms with Gasteiger partial charge in [-0.1, -0.05) is 56.6 Å². The quantitative estimate of drug-likeness (QED) is 0.500. The highest BCUT2D eigenvalue weighted by Gasteiger charge is 2.37. The minimum Gasteiger partial charge on any atom is -0.479 e. The molecule has 0 fully saturated rings. The van der Waals surface area contributed by atoms with Crippen molar-refractivity contribution in [2.75, 3.05) is 6.61 Å². The Morgan fingerprint density at radius 3 is 2.69 bits per heavy atom. The second-order valence-corrected chi connectivity index (χ2v) is 9.86. The van der Waals surface area contributed by atoms with E-state index in [9.17, 15) is 14.7 Å². The van der Waals surface area contributed by atoms with Crippen LogP contribution in [-0.4, -0.2) is 40.7 Å².